The van der Waals surface area contributed by atoms with E-state index < -0.39 is 0 Å². The highest BCUT2D eigenvalue weighted by molar-refractivity contribution is 6.03. The predicted octanol–water partition coefficient (Wildman–Crippen LogP) is 2.25. The van der Waals surface area contributed by atoms with Crippen LogP contribution in [0.15, 0.2) is 59.4 Å². The molecule has 0 saturated carbocycles. The van der Waals surface area contributed by atoms with E-state index in [0.717, 1.165) is 11.1 Å². The molecule has 0 saturated heterocycles. The molecular weight excluding hydrogens is 280 g/mol. The van der Waals surface area contributed by atoms with Crippen LogP contribution in [0, 0.1) is 0 Å². The van der Waals surface area contributed by atoms with Crippen LogP contribution in [0.4, 0.5) is 5.88 Å². The molecule has 1 aromatic carbocycles. The van der Waals surface area contributed by atoms with Gasteiger partial charge in [-0.1, -0.05) is 35.5 Å². The Morgan fingerprint density at radius 3 is 2.59 bits per heavy atom. The van der Waals surface area contributed by atoms with E-state index in [4.69, 9.17) is 10.3 Å². The van der Waals surface area contributed by atoms with Gasteiger partial charge in [-0.05, 0) is 17.7 Å². The molecule has 3 rings (SSSR count). The summed E-state index contributed by atoms with van der Waals surface area (Å²) < 4.78 is 4.97. The molecule has 3 aromatic rings. The Balaban J connectivity index is 1.82. The number of amides is 1. The molecule has 0 aliphatic carbocycles. The predicted molar refractivity (Wildman–Crippen MR) is 81.8 cm³/mol. The largest absolute Gasteiger partial charge is 0.367 e. The van der Waals surface area contributed by atoms with Gasteiger partial charge in [0.1, 0.15) is 11.3 Å². The number of pyridine rings is 1. The molecule has 0 spiro atoms. The molecule has 0 atom stereocenters. The van der Waals surface area contributed by atoms with Crippen LogP contribution in [0.1, 0.15) is 15.9 Å². The Labute approximate surface area is 127 Å². The number of benzene rings is 1. The lowest BCUT2D eigenvalue weighted by Gasteiger charge is -2.05. The molecule has 2 aromatic heterocycles. The quantitative estimate of drug-likeness (QED) is 0.769. The summed E-state index contributed by atoms with van der Waals surface area (Å²) in [5.74, 6) is -0.327. The average molecular weight is 294 g/mol. The second-order valence-electron chi connectivity index (χ2n) is 4.67. The molecule has 6 nitrogen and oxygen atoms in total. The molecular formula is C16H14N4O2. The van der Waals surface area contributed by atoms with Crippen molar-refractivity contribution in [2.45, 2.75) is 6.54 Å². The molecule has 110 valence electrons. The highest BCUT2D eigenvalue weighted by Crippen LogP contribution is 2.26. The Kier molecular flexibility index (Phi) is 3.82. The van der Waals surface area contributed by atoms with Crippen molar-refractivity contribution < 1.29 is 9.32 Å². The summed E-state index contributed by atoms with van der Waals surface area (Å²) in [6.07, 6.45) is 3.23. The lowest BCUT2D eigenvalue weighted by molar-refractivity contribution is 0.0952. The third-order valence-electron chi connectivity index (χ3n) is 3.20. The standard InChI is InChI=1S/C16H14N4O2/c17-15-13(14(20-22-15)12-6-8-18-9-7-12)16(21)19-10-11-4-2-1-3-5-11/h1-9H,10,17H2,(H,19,21). The van der Waals surface area contributed by atoms with Gasteiger partial charge in [-0.2, -0.15) is 0 Å². The molecule has 3 N–H and O–H groups in total. The Bertz CT molecular complexity index is 769. The summed E-state index contributed by atoms with van der Waals surface area (Å²) in [6, 6.07) is 13.1. The number of nitrogens with one attached hydrogen (secondary N) is 1. The van der Waals surface area contributed by atoms with Crippen molar-refractivity contribution in [3.8, 4) is 11.3 Å². The molecule has 22 heavy (non-hydrogen) atoms. The smallest absolute Gasteiger partial charge is 0.259 e. The van der Waals surface area contributed by atoms with Gasteiger partial charge >= 0.3 is 0 Å². The number of hydrogen-bond donors (Lipinski definition) is 2. The zero-order chi connectivity index (χ0) is 15.4. The molecule has 1 amide bonds. The van der Waals surface area contributed by atoms with Crippen molar-refractivity contribution >= 4 is 11.8 Å². The van der Waals surface area contributed by atoms with Gasteiger partial charge in [0.15, 0.2) is 0 Å². The van der Waals surface area contributed by atoms with E-state index in [-0.39, 0.29) is 17.4 Å². The van der Waals surface area contributed by atoms with Crippen LogP contribution in [-0.4, -0.2) is 16.0 Å². The first-order chi connectivity index (χ1) is 10.8. The maximum absolute atomic E-state index is 12.4. The van der Waals surface area contributed by atoms with E-state index in [0.29, 0.717) is 12.2 Å². The number of hydrogen-bond acceptors (Lipinski definition) is 5. The summed E-state index contributed by atoms with van der Waals surface area (Å²) >= 11 is 0. The molecule has 0 aliphatic rings. The van der Waals surface area contributed by atoms with Crippen LogP contribution < -0.4 is 11.1 Å². The fourth-order valence-electron chi connectivity index (χ4n) is 2.10. The van der Waals surface area contributed by atoms with Gasteiger partial charge < -0.3 is 15.6 Å². The van der Waals surface area contributed by atoms with Gasteiger partial charge in [-0.25, -0.2) is 0 Å². The summed E-state index contributed by atoms with van der Waals surface area (Å²) in [6.45, 7) is 0.403. The zero-order valence-electron chi connectivity index (χ0n) is 11.7. The van der Waals surface area contributed by atoms with Crippen LogP contribution in [0.3, 0.4) is 0 Å². The van der Waals surface area contributed by atoms with E-state index in [2.05, 4.69) is 15.5 Å². The van der Waals surface area contributed by atoms with Crippen LogP contribution in [0.25, 0.3) is 11.3 Å². The summed E-state index contributed by atoms with van der Waals surface area (Å²) in [5.41, 5.74) is 8.11. The number of carbonyl (C=O) groups is 1. The SMILES string of the molecule is Nc1onc(-c2ccncc2)c1C(=O)NCc1ccccc1. The van der Waals surface area contributed by atoms with Crippen LogP contribution in [0.5, 0.6) is 0 Å². The van der Waals surface area contributed by atoms with E-state index in [1.165, 1.54) is 0 Å². The highest BCUT2D eigenvalue weighted by Gasteiger charge is 2.22. The molecule has 6 heteroatoms. The minimum Gasteiger partial charge on any atom is -0.367 e. The summed E-state index contributed by atoms with van der Waals surface area (Å²) in [5, 5.41) is 6.69. The second kappa shape index (κ2) is 6.09. The van der Waals surface area contributed by atoms with Gasteiger partial charge in [0.2, 0.25) is 5.88 Å². The van der Waals surface area contributed by atoms with Crippen LogP contribution in [0.2, 0.25) is 0 Å². The lowest BCUT2D eigenvalue weighted by Crippen LogP contribution is -2.23. The average Bonchev–Trinajstić information content (AvgIpc) is 2.96. The topological polar surface area (TPSA) is 94.0 Å². The van der Waals surface area contributed by atoms with Crippen molar-refractivity contribution in [3.05, 3.63) is 66.0 Å². The van der Waals surface area contributed by atoms with Crippen molar-refractivity contribution in [3.63, 3.8) is 0 Å². The van der Waals surface area contributed by atoms with Crippen LogP contribution in [-0.2, 0) is 6.54 Å². The fourth-order valence-corrected chi connectivity index (χ4v) is 2.10. The van der Waals surface area contributed by atoms with E-state index in [9.17, 15) is 4.79 Å². The van der Waals surface area contributed by atoms with Crippen molar-refractivity contribution in [2.24, 2.45) is 0 Å². The molecule has 2 heterocycles. The number of nitrogens with zero attached hydrogens (tertiary/aromatic N) is 2. The number of anilines is 1. The number of nitrogen functional groups attached to an aromatic ring is 1. The molecule has 0 radical (unpaired) electrons. The minimum absolute atomic E-state index is 0.00243. The monoisotopic (exact) mass is 294 g/mol. The minimum atomic E-state index is -0.325. The number of nitrogens with two attached hydrogens (primary N) is 1. The maximum atomic E-state index is 12.4. The number of rotatable bonds is 4. The third kappa shape index (κ3) is 2.80. The van der Waals surface area contributed by atoms with E-state index in [1.807, 2.05) is 30.3 Å². The molecule has 0 unspecified atom stereocenters. The first-order valence-electron chi connectivity index (χ1n) is 6.73. The van der Waals surface area contributed by atoms with Gasteiger partial charge in [0.25, 0.3) is 5.91 Å². The number of aromatic nitrogens is 2. The molecule has 0 bridgehead atoms. The Morgan fingerprint density at radius 2 is 1.86 bits per heavy atom. The van der Waals surface area contributed by atoms with Gasteiger partial charge in [0, 0.05) is 24.5 Å². The molecule has 0 aliphatic heterocycles. The fraction of sp³-hybridized carbons (Fsp3) is 0.0625. The first kappa shape index (κ1) is 13.8. The second-order valence-corrected chi connectivity index (χ2v) is 4.67. The Morgan fingerprint density at radius 1 is 1.14 bits per heavy atom. The van der Waals surface area contributed by atoms with Crippen LogP contribution >= 0.6 is 0 Å². The Hall–Kier alpha value is -3.15. The van der Waals surface area contributed by atoms with Gasteiger partial charge in [0.05, 0.1) is 0 Å². The van der Waals surface area contributed by atoms with Crippen molar-refractivity contribution in [1.82, 2.24) is 15.5 Å². The van der Waals surface area contributed by atoms with Gasteiger partial charge in [-0.15, -0.1) is 0 Å². The highest BCUT2D eigenvalue weighted by atomic mass is 16.5. The summed E-state index contributed by atoms with van der Waals surface area (Å²) in [4.78, 5) is 16.3. The zero-order valence-corrected chi connectivity index (χ0v) is 11.7. The third-order valence-corrected chi connectivity index (χ3v) is 3.20. The summed E-state index contributed by atoms with van der Waals surface area (Å²) in [7, 11) is 0. The van der Waals surface area contributed by atoms with Gasteiger partial charge in [-0.3, -0.25) is 9.78 Å². The van der Waals surface area contributed by atoms with E-state index >= 15 is 0 Å². The maximum Gasteiger partial charge on any atom is 0.259 e. The number of carbonyl (C=O) groups excluding carboxylic acids is 1. The van der Waals surface area contributed by atoms with E-state index in [1.54, 1.807) is 24.5 Å². The normalized spacial score (nSPS) is 10.4. The lowest BCUT2D eigenvalue weighted by atomic mass is 10.1. The first-order valence-corrected chi connectivity index (χ1v) is 6.73. The molecule has 0 fully saturated rings. The van der Waals surface area contributed by atoms with Crippen molar-refractivity contribution in [1.29, 1.82) is 0 Å². The van der Waals surface area contributed by atoms with Crippen molar-refractivity contribution in [2.75, 3.05) is 5.73 Å².